The molecule has 0 spiro atoms. The van der Waals surface area contributed by atoms with E-state index in [1.165, 1.54) is 6.07 Å². The molecule has 1 aliphatic rings. The first-order valence-corrected chi connectivity index (χ1v) is 11.3. The van der Waals surface area contributed by atoms with E-state index in [1.54, 1.807) is 12.1 Å². The number of benzene rings is 3. The minimum absolute atomic E-state index is 0.325. The highest BCUT2D eigenvalue weighted by atomic mass is 19.1. The fourth-order valence-corrected chi connectivity index (χ4v) is 4.57. The fourth-order valence-electron chi connectivity index (χ4n) is 4.57. The van der Waals surface area contributed by atoms with E-state index in [0.29, 0.717) is 25.1 Å². The van der Waals surface area contributed by atoms with Crippen LogP contribution in [-0.2, 0) is 11.3 Å². The SMILES string of the molecule is Cc1c(C=Cc2ccc(CN3CCCC(O)C3C(N)=O)cc2F)cccc1-c1ccccc1. The largest absolute Gasteiger partial charge is 0.391 e. The van der Waals surface area contributed by atoms with Gasteiger partial charge < -0.3 is 10.8 Å². The van der Waals surface area contributed by atoms with Gasteiger partial charge >= 0.3 is 0 Å². The number of nitrogens with zero attached hydrogens (tertiary/aromatic N) is 1. The van der Waals surface area contributed by atoms with Crippen LogP contribution >= 0.6 is 0 Å². The number of nitrogens with two attached hydrogens (primary N) is 1. The van der Waals surface area contributed by atoms with Crippen molar-refractivity contribution in [2.45, 2.75) is 38.5 Å². The van der Waals surface area contributed by atoms with Crippen LogP contribution in [0.15, 0.2) is 66.7 Å². The predicted molar refractivity (Wildman–Crippen MR) is 131 cm³/mol. The Balaban J connectivity index is 1.52. The number of hydrogen-bond acceptors (Lipinski definition) is 3. The number of likely N-dealkylation sites (tertiary alicyclic amines) is 1. The molecule has 33 heavy (non-hydrogen) atoms. The number of aliphatic hydroxyl groups is 1. The van der Waals surface area contributed by atoms with E-state index in [2.05, 4.69) is 25.1 Å². The number of carbonyl (C=O) groups is 1. The summed E-state index contributed by atoms with van der Waals surface area (Å²) in [5, 5.41) is 10.2. The highest BCUT2D eigenvalue weighted by Gasteiger charge is 2.34. The molecule has 0 saturated carbocycles. The third-order valence-electron chi connectivity index (χ3n) is 6.35. The van der Waals surface area contributed by atoms with E-state index in [1.807, 2.05) is 47.4 Å². The van der Waals surface area contributed by atoms with Crippen LogP contribution in [0.3, 0.4) is 0 Å². The van der Waals surface area contributed by atoms with Crippen molar-refractivity contribution in [3.63, 3.8) is 0 Å². The summed E-state index contributed by atoms with van der Waals surface area (Å²) in [4.78, 5) is 13.6. The molecule has 1 saturated heterocycles. The van der Waals surface area contributed by atoms with Crippen LogP contribution in [0.4, 0.5) is 4.39 Å². The van der Waals surface area contributed by atoms with Crippen LogP contribution in [0, 0.1) is 12.7 Å². The lowest BCUT2D eigenvalue weighted by molar-refractivity contribution is -0.130. The van der Waals surface area contributed by atoms with Crippen LogP contribution in [0.5, 0.6) is 0 Å². The monoisotopic (exact) mass is 444 g/mol. The number of carbonyl (C=O) groups excluding carboxylic acids is 1. The smallest absolute Gasteiger partial charge is 0.237 e. The Hall–Kier alpha value is -3.28. The molecule has 5 heteroatoms. The number of aliphatic hydroxyl groups excluding tert-OH is 1. The van der Waals surface area contributed by atoms with Crippen LogP contribution in [0.25, 0.3) is 23.3 Å². The van der Waals surface area contributed by atoms with Crippen LogP contribution < -0.4 is 5.73 Å². The third kappa shape index (κ3) is 5.21. The van der Waals surface area contributed by atoms with E-state index in [0.717, 1.165) is 34.2 Å². The van der Waals surface area contributed by atoms with Gasteiger partial charge in [-0.3, -0.25) is 9.69 Å². The quantitative estimate of drug-likeness (QED) is 0.538. The molecule has 1 fully saturated rings. The van der Waals surface area contributed by atoms with Crippen molar-refractivity contribution >= 4 is 18.1 Å². The van der Waals surface area contributed by atoms with Crippen LogP contribution in [-0.4, -0.2) is 34.6 Å². The molecule has 0 aromatic heterocycles. The van der Waals surface area contributed by atoms with E-state index in [-0.39, 0.29) is 5.82 Å². The molecule has 170 valence electrons. The summed E-state index contributed by atoms with van der Waals surface area (Å²) in [7, 11) is 0. The van der Waals surface area contributed by atoms with Crippen molar-refractivity contribution < 1.29 is 14.3 Å². The van der Waals surface area contributed by atoms with Crippen LogP contribution in [0.2, 0.25) is 0 Å². The molecule has 3 aromatic rings. The van der Waals surface area contributed by atoms with E-state index in [9.17, 15) is 14.3 Å². The fraction of sp³-hybridized carbons (Fsp3) is 0.250. The van der Waals surface area contributed by atoms with E-state index in [4.69, 9.17) is 5.73 Å². The zero-order valence-corrected chi connectivity index (χ0v) is 18.7. The molecule has 2 unspecified atom stereocenters. The Morgan fingerprint density at radius 3 is 2.58 bits per heavy atom. The van der Waals surface area contributed by atoms with Crippen molar-refractivity contribution in [2.24, 2.45) is 5.73 Å². The molecule has 1 aliphatic heterocycles. The predicted octanol–water partition coefficient (Wildman–Crippen LogP) is 4.78. The summed E-state index contributed by atoms with van der Waals surface area (Å²) in [6.07, 6.45) is 4.26. The van der Waals surface area contributed by atoms with E-state index >= 15 is 0 Å². The molecule has 0 bridgehead atoms. The maximum Gasteiger partial charge on any atom is 0.237 e. The molecular weight excluding hydrogens is 415 g/mol. The summed E-state index contributed by atoms with van der Waals surface area (Å²) in [6.45, 7) is 3.08. The van der Waals surface area contributed by atoms with Gasteiger partial charge in [-0.1, -0.05) is 72.8 Å². The second kappa shape index (κ2) is 10.1. The summed E-state index contributed by atoms with van der Waals surface area (Å²) < 4.78 is 14.9. The normalized spacial score (nSPS) is 19.1. The van der Waals surface area contributed by atoms with Crippen molar-refractivity contribution in [1.82, 2.24) is 4.90 Å². The molecule has 0 radical (unpaired) electrons. The highest BCUT2D eigenvalue weighted by molar-refractivity contribution is 5.80. The Bertz CT molecular complexity index is 1160. The lowest BCUT2D eigenvalue weighted by Crippen LogP contribution is -2.54. The summed E-state index contributed by atoms with van der Waals surface area (Å²) >= 11 is 0. The maximum absolute atomic E-state index is 14.9. The van der Waals surface area contributed by atoms with Gasteiger partial charge in [0.1, 0.15) is 11.9 Å². The first-order chi connectivity index (χ1) is 15.9. The van der Waals surface area contributed by atoms with Gasteiger partial charge in [0.05, 0.1) is 6.10 Å². The molecule has 1 amide bonds. The van der Waals surface area contributed by atoms with Gasteiger partial charge in [-0.2, -0.15) is 0 Å². The second-order valence-electron chi connectivity index (χ2n) is 8.60. The van der Waals surface area contributed by atoms with Gasteiger partial charge in [0.25, 0.3) is 0 Å². The van der Waals surface area contributed by atoms with Crippen molar-refractivity contribution in [2.75, 3.05) is 6.54 Å². The van der Waals surface area contributed by atoms with Crippen LogP contribution in [0.1, 0.15) is 35.1 Å². The third-order valence-corrected chi connectivity index (χ3v) is 6.35. The molecule has 2 atom stereocenters. The molecular formula is C28H29FN2O2. The van der Waals surface area contributed by atoms with E-state index < -0.39 is 18.1 Å². The number of halogens is 1. The molecule has 3 N–H and O–H groups in total. The van der Waals surface area contributed by atoms with Gasteiger partial charge in [0.2, 0.25) is 5.91 Å². The number of amides is 1. The standard InChI is InChI=1S/C28H29FN2O2/c1-19-21(9-5-10-24(19)22-7-3-2-4-8-22)14-15-23-13-12-20(17-25(23)29)18-31-16-6-11-26(32)27(31)28(30)33/h2-5,7-10,12-15,17,26-27,32H,6,11,16,18H2,1H3,(H2,30,33). The Morgan fingerprint density at radius 2 is 1.85 bits per heavy atom. The van der Waals surface area contributed by atoms with Gasteiger partial charge in [-0.05, 0) is 60.2 Å². The average molecular weight is 445 g/mol. The molecule has 4 rings (SSSR count). The minimum atomic E-state index is -0.779. The average Bonchev–Trinajstić information content (AvgIpc) is 2.80. The number of hydrogen-bond donors (Lipinski definition) is 2. The molecule has 1 heterocycles. The van der Waals surface area contributed by atoms with Gasteiger partial charge in [0, 0.05) is 12.1 Å². The maximum atomic E-state index is 14.9. The lowest BCUT2D eigenvalue weighted by Gasteiger charge is -2.37. The highest BCUT2D eigenvalue weighted by Crippen LogP contribution is 2.27. The first-order valence-electron chi connectivity index (χ1n) is 11.3. The number of primary amides is 1. The zero-order chi connectivity index (χ0) is 23.4. The van der Waals surface area contributed by atoms with Crippen molar-refractivity contribution in [3.8, 4) is 11.1 Å². The van der Waals surface area contributed by atoms with Gasteiger partial charge in [-0.15, -0.1) is 0 Å². The summed E-state index contributed by atoms with van der Waals surface area (Å²) in [5.41, 5.74) is 11.2. The topological polar surface area (TPSA) is 66.6 Å². The van der Waals surface area contributed by atoms with Gasteiger partial charge in [0.15, 0.2) is 0 Å². The Labute approximate surface area is 194 Å². The first kappa shape index (κ1) is 22.9. The summed E-state index contributed by atoms with van der Waals surface area (Å²) in [6, 6.07) is 20.7. The second-order valence-corrected chi connectivity index (χ2v) is 8.60. The number of rotatable bonds is 6. The molecule has 4 nitrogen and oxygen atoms in total. The zero-order valence-electron chi connectivity index (χ0n) is 18.7. The Morgan fingerprint density at radius 1 is 1.09 bits per heavy atom. The van der Waals surface area contributed by atoms with Gasteiger partial charge in [-0.25, -0.2) is 4.39 Å². The number of piperidine rings is 1. The molecule has 0 aliphatic carbocycles. The summed E-state index contributed by atoms with van der Waals surface area (Å²) in [5.74, 6) is -0.871. The van der Waals surface area contributed by atoms with Crippen molar-refractivity contribution in [3.05, 3.63) is 94.8 Å². The Kier molecular flexibility index (Phi) is 7.02. The lowest BCUT2D eigenvalue weighted by atomic mass is 9.96. The molecule has 3 aromatic carbocycles. The minimum Gasteiger partial charge on any atom is -0.391 e. The van der Waals surface area contributed by atoms with Crippen molar-refractivity contribution in [1.29, 1.82) is 0 Å².